The number of nitrogens with two attached hydrogens (primary N) is 1. The van der Waals surface area contributed by atoms with Crippen molar-refractivity contribution in [3.8, 4) is 0 Å². The monoisotopic (exact) mass is 423 g/mol. The van der Waals surface area contributed by atoms with Gasteiger partial charge in [0.25, 0.3) is 5.91 Å². The van der Waals surface area contributed by atoms with E-state index < -0.39 is 18.0 Å². The second-order valence-corrected chi connectivity index (χ2v) is 7.20. The number of aryl methyl sites for hydroxylation is 1. The van der Waals surface area contributed by atoms with Gasteiger partial charge in [-0.05, 0) is 31.6 Å². The van der Waals surface area contributed by atoms with Crippen molar-refractivity contribution in [1.29, 1.82) is 0 Å². The van der Waals surface area contributed by atoms with Gasteiger partial charge in [-0.1, -0.05) is 60.1 Å². The van der Waals surface area contributed by atoms with Gasteiger partial charge in [0.15, 0.2) is 0 Å². The maximum atomic E-state index is 12.3. The van der Waals surface area contributed by atoms with E-state index in [-0.39, 0.29) is 0 Å². The summed E-state index contributed by atoms with van der Waals surface area (Å²) in [7, 11) is 0. The number of amides is 1. The van der Waals surface area contributed by atoms with E-state index in [4.69, 9.17) is 22.1 Å². The molecule has 0 fully saturated rings. The Morgan fingerprint density at radius 3 is 2.47 bits per heavy atom. The van der Waals surface area contributed by atoms with Gasteiger partial charge in [0, 0.05) is 27.9 Å². The van der Waals surface area contributed by atoms with E-state index in [1.165, 1.54) is 6.08 Å². The third kappa shape index (κ3) is 4.96. The molecule has 154 valence electrons. The predicted molar refractivity (Wildman–Crippen MR) is 116 cm³/mol. The first-order valence-corrected chi connectivity index (χ1v) is 9.75. The first kappa shape index (κ1) is 21.3. The number of hydrogen-bond acceptors (Lipinski definition) is 4. The topological polar surface area (TPSA) is 87.2 Å². The van der Waals surface area contributed by atoms with E-state index in [9.17, 15) is 9.59 Å². The molecule has 1 heterocycles. The van der Waals surface area contributed by atoms with Gasteiger partial charge in [-0.25, -0.2) is 4.79 Å². The van der Waals surface area contributed by atoms with Gasteiger partial charge in [0.1, 0.15) is 0 Å². The Bertz CT molecular complexity index is 1090. The average molecular weight is 424 g/mol. The molecule has 3 aromatic rings. The molecule has 0 aliphatic heterocycles. The summed E-state index contributed by atoms with van der Waals surface area (Å²) in [5, 5.41) is 5.21. The molecule has 1 atom stereocenters. The lowest BCUT2D eigenvalue weighted by Crippen LogP contribution is -2.25. The fourth-order valence-electron chi connectivity index (χ4n) is 3.12. The molecule has 30 heavy (non-hydrogen) atoms. The summed E-state index contributed by atoms with van der Waals surface area (Å²) in [5.41, 5.74) is 9.31. The fraction of sp³-hybridized carbons (Fsp3) is 0.174. The quantitative estimate of drug-likeness (QED) is 0.460. The van der Waals surface area contributed by atoms with Crippen LogP contribution in [0.4, 0.5) is 0 Å². The van der Waals surface area contributed by atoms with Gasteiger partial charge < -0.3 is 10.5 Å². The summed E-state index contributed by atoms with van der Waals surface area (Å²) < 4.78 is 7.10. The molecule has 0 saturated heterocycles. The van der Waals surface area contributed by atoms with Crippen LogP contribution < -0.4 is 5.73 Å². The largest absolute Gasteiger partial charge is 0.444 e. The Hall–Kier alpha value is -3.38. The Balaban J connectivity index is 1.75. The number of aromatic nitrogens is 2. The van der Waals surface area contributed by atoms with Crippen LogP contribution in [0.5, 0.6) is 0 Å². The Morgan fingerprint density at radius 2 is 1.80 bits per heavy atom. The van der Waals surface area contributed by atoms with Gasteiger partial charge in [-0.2, -0.15) is 5.10 Å². The number of primary amides is 1. The highest BCUT2D eigenvalue weighted by Gasteiger charge is 2.21. The number of rotatable bonds is 7. The zero-order chi connectivity index (χ0) is 21.7. The number of benzene rings is 2. The lowest BCUT2D eigenvalue weighted by atomic mass is 10.1. The van der Waals surface area contributed by atoms with Crippen molar-refractivity contribution >= 4 is 29.6 Å². The van der Waals surface area contributed by atoms with E-state index >= 15 is 0 Å². The number of esters is 1. The fourth-order valence-corrected chi connectivity index (χ4v) is 3.31. The SMILES string of the molecule is Cc1nn(Cc2ccccc2Cl)c(C)c1/C=C/C(=O)OC(C(N)=O)c1ccccc1. The van der Waals surface area contributed by atoms with E-state index in [0.717, 1.165) is 22.5 Å². The normalized spacial score (nSPS) is 12.1. The van der Waals surface area contributed by atoms with Crippen molar-refractivity contribution in [3.63, 3.8) is 0 Å². The minimum absolute atomic E-state index is 0.516. The van der Waals surface area contributed by atoms with Gasteiger partial charge in [0.05, 0.1) is 12.2 Å². The van der Waals surface area contributed by atoms with E-state index in [1.807, 2.05) is 42.8 Å². The Morgan fingerprint density at radius 1 is 1.13 bits per heavy atom. The van der Waals surface area contributed by atoms with Gasteiger partial charge >= 0.3 is 5.97 Å². The van der Waals surface area contributed by atoms with Gasteiger partial charge in [-0.15, -0.1) is 0 Å². The van der Waals surface area contributed by atoms with Crippen LogP contribution >= 0.6 is 11.6 Å². The van der Waals surface area contributed by atoms with E-state index in [2.05, 4.69) is 5.10 Å². The summed E-state index contributed by atoms with van der Waals surface area (Å²) in [4.78, 5) is 24.0. The average Bonchev–Trinajstić information content (AvgIpc) is 2.99. The van der Waals surface area contributed by atoms with Crippen LogP contribution in [0.1, 0.15) is 34.2 Å². The number of carbonyl (C=O) groups is 2. The predicted octanol–water partition coefficient (Wildman–Crippen LogP) is 3.98. The number of halogens is 1. The molecule has 0 spiro atoms. The molecule has 6 nitrogen and oxygen atoms in total. The molecule has 2 aromatic carbocycles. The van der Waals surface area contributed by atoms with Crippen molar-refractivity contribution in [2.24, 2.45) is 5.73 Å². The Labute approximate surface area is 179 Å². The number of ether oxygens (including phenoxy) is 1. The summed E-state index contributed by atoms with van der Waals surface area (Å²) in [5.74, 6) is -1.40. The first-order chi connectivity index (χ1) is 14.4. The van der Waals surface area contributed by atoms with E-state index in [0.29, 0.717) is 17.1 Å². The smallest absolute Gasteiger partial charge is 0.331 e. The summed E-state index contributed by atoms with van der Waals surface area (Å²) in [6, 6.07) is 16.2. The third-order valence-electron chi connectivity index (χ3n) is 4.70. The molecule has 0 aliphatic carbocycles. The lowest BCUT2D eigenvalue weighted by Gasteiger charge is -2.13. The van der Waals surface area contributed by atoms with Crippen LogP contribution in [-0.2, 0) is 20.9 Å². The molecule has 0 bridgehead atoms. The highest BCUT2D eigenvalue weighted by atomic mass is 35.5. The zero-order valence-corrected chi connectivity index (χ0v) is 17.5. The first-order valence-electron chi connectivity index (χ1n) is 9.37. The molecule has 2 N–H and O–H groups in total. The second-order valence-electron chi connectivity index (χ2n) is 6.80. The highest BCUT2D eigenvalue weighted by molar-refractivity contribution is 6.31. The molecule has 1 amide bonds. The van der Waals surface area contributed by atoms with Crippen LogP contribution in [0, 0.1) is 13.8 Å². The number of hydrogen-bond donors (Lipinski definition) is 1. The van der Waals surface area contributed by atoms with Crippen LogP contribution in [0.3, 0.4) is 0 Å². The van der Waals surface area contributed by atoms with Crippen LogP contribution in [0.2, 0.25) is 5.02 Å². The maximum absolute atomic E-state index is 12.3. The minimum Gasteiger partial charge on any atom is -0.444 e. The summed E-state index contributed by atoms with van der Waals surface area (Å²) >= 11 is 6.25. The molecule has 3 rings (SSSR count). The van der Waals surface area contributed by atoms with Gasteiger partial charge in [-0.3, -0.25) is 9.48 Å². The number of nitrogens with zero attached hydrogens (tertiary/aromatic N) is 2. The number of carbonyl (C=O) groups excluding carboxylic acids is 2. The molecule has 1 unspecified atom stereocenters. The van der Waals surface area contributed by atoms with Crippen LogP contribution in [-0.4, -0.2) is 21.7 Å². The highest BCUT2D eigenvalue weighted by Crippen LogP contribution is 2.21. The molecular weight excluding hydrogens is 402 g/mol. The van der Waals surface area contributed by atoms with Crippen molar-refractivity contribution < 1.29 is 14.3 Å². The van der Waals surface area contributed by atoms with E-state index in [1.54, 1.807) is 36.4 Å². The van der Waals surface area contributed by atoms with Crippen molar-refractivity contribution in [2.75, 3.05) is 0 Å². The van der Waals surface area contributed by atoms with Crippen LogP contribution in [0.25, 0.3) is 6.08 Å². The van der Waals surface area contributed by atoms with Crippen molar-refractivity contribution in [3.05, 3.63) is 93.8 Å². The molecule has 0 aliphatic rings. The summed E-state index contributed by atoms with van der Waals surface area (Å²) in [6.07, 6.45) is 1.76. The van der Waals surface area contributed by atoms with Crippen molar-refractivity contribution in [1.82, 2.24) is 9.78 Å². The standard InChI is InChI=1S/C23H22ClN3O3/c1-15-19(16(2)27(26-15)14-18-10-6-7-11-20(18)24)12-13-21(28)30-22(23(25)29)17-8-4-3-5-9-17/h3-13,22H,14H2,1-2H3,(H2,25,29)/b13-12+. The molecular formula is C23H22ClN3O3. The third-order valence-corrected chi connectivity index (χ3v) is 5.06. The van der Waals surface area contributed by atoms with Gasteiger partial charge in [0.2, 0.25) is 6.10 Å². The molecule has 7 heteroatoms. The lowest BCUT2D eigenvalue weighted by molar-refractivity contribution is -0.150. The minimum atomic E-state index is -1.14. The van der Waals surface area contributed by atoms with Crippen molar-refractivity contribution in [2.45, 2.75) is 26.5 Å². The van der Waals surface area contributed by atoms with Crippen LogP contribution in [0.15, 0.2) is 60.7 Å². The molecule has 1 aromatic heterocycles. The Kier molecular flexibility index (Phi) is 6.69. The molecule has 0 saturated carbocycles. The summed E-state index contributed by atoms with van der Waals surface area (Å²) in [6.45, 7) is 4.29. The zero-order valence-electron chi connectivity index (χ0n) is 16.7. The second kappa shape index (κ2) is 9.41. The molecule has 0 radical (unpaired) electrons. The maximum Gasteiger partial charge on any atom is 0.331 e.